The second-order valence-electron chi connectivity index (χ2n) is 3.93. The van der Waals surface area contributed by atoms with Crippen molar-refractivity contribution in [3.8, 4) is 0 Å². The number of benzene rings is 2. The molecule has 1 amide bonds. The van der Waals surface area contributed by atoms with E-state index in [4.69, 9.17) is 5.73 Å². The van der Waals surface area contributed by atoms with Crippen LogP contribution in [0, 0.1) is 13.7 Å². The molecule has 2 aromatic carbocycles. The van der Waals surface area contributed by atoms with E-state index < -0.39 is 10.8 Å². The minimum atomic E-state index is -0.653. The molecule has 3 N–H and O–H groups in total. The second kappa shape index (κ2) is 5.87. The van der Waals surface area contributed by atoms with Crippen molar-refractivity contribution in [1.29, 1.82) is 0 Å². The van der Waals surface area contributed by atoms with Crippen LogP contribution in [0.3, 0.4) is 0 Å². The highest BCUT2D eigenvalue weighted by Gasteiger charge is 2.23. The average molecular weight is 383 g/mol. The van der Waals surface area contributed by atoms with Crippen LogP contribution in [0.5, 0.6) is 0 Å². The first-order valence-corrected chi connectivity index (χ1v) is 6.67. The minimum Gasteiger partial charge on any atom is -0.393 e. The summed E-state index contributed by atoms with van der Waals surface area (Å²) in [6, 6.07) is 11.4. The van der Waals surface area contributed by atoms with E-state index in [2.05, 4.69) is 27.9 Å². The Labute approximate surface area is 128 Å². The lowest BCUT2D eigenvalue weighted by atomic mass is 10.1. The first-order chi connectivity index (χ1) is 9.50. The van der Waals surface area contributed by atoms with Crippen LogP contribution >= 0.6 is 22.6 Å². The molecule has 0 aliphatic heterocycles. The van der Waals surface area contributed by atoms with Gasteiger partial charge in [-0.2, -0.15) is 0 Å². The van der Waals surface area contributed by atoms with Crippen molar-refractivity contribution in [3.05, 3.63) is 61.7 Å². The SMILES string of the molecule is Nc1cccc(C(=O)Nc2ccccc2I)c1[N+](=O)[O-]. The first-order valence-electron chi connectivity index (χ1n) is 5.59. The van der Waals surface area contributed by atoms with Crippen LogP contribution in [0.1, 0.15) is 10.4 Å². The molecule has 0 heterocycles. The number of halogens is 1. The number of nitrogens with one attached hydrogen (secondary N) is 1. The topological polar surface area (TPSA) is 98.3 Å². The third kappa shape index (κ3) is 2.87. The Bertz CT molecular complexity index is 688. The molecule has 0 radical (unpaired) electrons. The Balaban J connectivity index is 2.38. The predicted octanol–water partition coefficient (Wildman–Crippen LogP) is 3.03. The monoisotopic (exact) mass is 383 g/mol. The minimum absolute atomic E-state index is 0.0367. The molecule has 2 aromatic rings. The Kier molecular flexibility index (Phi) is 4.18. The van der Waals surface area contributed by atoms with Crippen molar-refractivity contribution in [2.45, 2.75) is 0 Å². The third-order valence-corrected chi connectivity index (χ3v) is 3.56. The molecule has 102 valence electrons. The van der Waals surface area contributed by atoms with Crippen LogP contribution < -0.4 is 11.1 Å². The van der Waals surface area contributed by atoms with Crippen molar-refractivity contribution in [2.75, 3.05) is 11.1 Å². The fourth-order valence-corrected chi connectivity index (χ4v) is 2.22. The predicted molar refractivity (Wildman–Crippen MR) is 84.6 cm³/mol. The van der Waals surface area contributed by atoms with E-state index in [9.17, 15) is 14.9 Å². The van der Waals surface area contributed by atoms with Gasteiger partial charge >= 0.3 is 5.69 Å². The quantitative estimate of drug-likeness (QED) is 0.368. The molecule has 20 heavy (non-hydrogen) atoms. The van der Waals surface area contributed by atoms with Crippen molar-refractivity contribution >= 4 is 45.6 Å². The number of hydrogen-bond donors (Lipinski definition) is 2. The number of nitrogen functional groups attached to an aromatic ring is 1. The maximum atomic E-state index is 12.2. The van der Waals surface area contributed by atoms with E-state index in [1.807, 2.05) is 12.1 Å². The van der Waals surface area contributed by atoms with Crippen LogP contribution in [0.4, 0.5) is 17.1 Å². The molecule has 7 heteroatoms. The summed E-state index contributed by atoms with van der Waals surface area (Å²) in [7, 11) is 0. The maximum absolute atomic E-state index is 12.2. The van der Waals surface area contributed by atoms with Crippen molar-refractivity contribution in [1.82, 2.24) is 0 Å². The van der Waals surface area contributed by atoms with Gasteiger partial charge in [0.1, 0.15) is 11.3 Å². The van der Waals surface area contributed by atoms with Gasteiger partial charge in [-0.15, -0.1) is 0 Å². The van der Waals surface area contributed by atoms with E-state index in [-0.39, 0.29) is 16.9 Å². The van der Waals surface area contributed by atoms with E-state index in [0.717, 1.165) is 3.57 Å². The fraction of sp³-hybridized carbons (Fsp3) is 0. The van der Waals surface area contributed by atoms with Crippen LogP contribution in [-0.2, 0) is 0 Å². The van der Waals surface area contributed by atoms with Crippen molar-refractivity contribution in [2.24, 2.45) is 0 Å². The number of nitrogens with two attached hydrogens (primary N) is 1. The molecular weight excluding hydrogens is 373 g/mol. The Hall–Kier alpha value is -2.16. The molecule has 0 aromatic heterocycles. The molecule has 0 aliphatic carbocycles. The van der Waals surface area contributed by atoms with E-state index >= 15 is 0 Å². The van der Waals surface area contributed by atoms with Gasteiger partial charge in [0.2, 0.25) is 0 Å². The highest BCUT2D eigenvalue weighted by Crippen LogP contribution is 2.27. The van der Waals surface area contributed by atoms with Crippen molar-refractivity contribution < 1.29 is 9.72 Å². The lowest BCUT2D eigenvalue weighted by Gasteiger charge is -2.08. The molecule has 0 atom stereocenters. The lowest BCUT2D eigenvalue weighted by Crippen LogP contribution is -2.15. The number of para-hydroxylation sites is 2. The van der Waals surface area contributed by atoms with Gasteiger partial charge in [-0.05, 0) is 46.9 Å². The van der Waals surface area contributed by atoms with Gasteiger partial charge in [0.25, 0.3) is 5.91 Å². The number of hydrogen-bond acceptors (Lipinski definition) is 4. The summed E-state index contributed by atoms with van der Waals surface area (Å²) in [6.07, 6.45) is 0. The lowest BCUT2D eigenvalue weighted by molar-refractivity contribution is -0.384. The second-order valence-corrected chi connectivity index (χ2v) is 5.10. The number of amides is 1. The van der Waals surface area contributed by atoms with Crippen LogP contribution in [0.25, 0.3) is 0 Å². The highest BCUT2D eigenvalue weighted by atomic mass is 127. The summed E-state index contributed by atoms with van der Waals surface area (Å²) < 4.78 is 0.838. The molecule has 0 aliphatic rings. The number of nitrogens with zero attached hydrogens (tertiary/aromatic N) is 1. The molecule has 0 saturated heterocycles. The molecular formula is C13H10IN3O3. The summed E-state index contributed by atoms with van der Waals surface area (Å²) in [5, 5.41) is 13.7. The van der Waals surface area contributed by atoms with E-state index in [1.54, 1.807) is 12.1 Å². The molecule has 0 fully saturated rings. The number of carbonyl (C=O) groups excluding carboxylic acids is 1. The van der Waals surface area contributed by atoms with Gasteiger partial charge in [0.05, 0.1) is 10.6 Å². The molecule has 0 spiro atoms. The summed E-state index contributed by atoms with van der Waals surface area (Å²) >= 11 is 2.07. The van der Waals surface area contributed by atoms with E-state index in [1.165, 1.54) is 18.2 Å². The zero-order valence-corrected chi connectivity index (χ0v) is 12.3. The molecule has 2 rings (SSSR count). The van der Waals surface area contributed by atoms with Crippen molar-refractivity contribution in [3.63, 3.8) is 0 Å². The third-order valence-electron chi connectivity index (χ3n) is 2.62. The number of anilines is 2. The summed E-state index contributed by atoms with van der Waals surface area (Å²) in [4.78, 5) is 22.5. The number of nitro groups is 1. The summed E-state index contributed by atoms with van der Waals surface area (Å²) in [6.45, 7) is 0. The highest BCUT2D eigenvalue weighted by molar-refractivity contribution is 14.1. The Morgan fingerprint density at radius 3 is 2.55 bits per heavy atom. The smallest absolute Gasteiger partial charge is 0.304 e. The number of carbonyl (C=O) groups is 1. The standard InChI is InChI=1S/C13H10IN3O3/c14-9-5-1-2-7-11(9)16-13(18)8-4-3-6-10(15)12(8)17(19)20/h1-7H,15H2,(H,16,18). The van der Waals surface area contributed by atoms with Crippen LogP contribution in [0.15, 0.2) is 42.5 Å². The maximum Gasteiger partial charge on any atom is 0.304 e. The first kappa shape index (κ1) is 14.3. The van der Waals surface area contributed by atoms with Crippen LogP contribution in [0.2, 0.25) is 0 Å². The molecule has 0 saturated carbocycles. The summed E-state index contributed by atoms with van der Waals surface area (Å²) in [5.41, 5.74) is 5.68. The zero-order valence-electron chi connectivity index (χ0n) is 10.2. The fourth-order valence-electron chi connectivity index (χ4n) is 1.70. The van der Waals surface area contributed by atoms with Gasteiger partial charge < -0.3 is 11.1 Å². The van der Waals surface area contributed by atoms with Gasteiger partial charge in [-0.3, -0.25) is 14.9 Å². The number of nitro benzene ring substituents is 1. The Morgan fingerprint density at radius 1 is 1.20 bits per heavy atom. The average Bonchev–Trinajstić information content (AvgIpc) is 2.40. The van der Waals surface area contributed by atoms with Gasteiger partial charge in [0, 0.05) is 3.57 Å². The van der Waals surface area contributed by atoms with Gasteiger partial charge in [-0.25, -0.2) is 0 Å². The zero-order chi connectivity index (χ0) is 14.7. The molecule has 6 nitrogen and oxygen atoms in total. The normalized spacial score (nSPS) is 10.1. The number of rotatable bonds is 3. The van der Waals surface area contributed by atoms with E-state index in [0.29, 0.717) is 5.69 Å². The molecule has 0 bridgehead atoms. The molecule has 0 unspecified atom stereocenters. The largest absolute Gasteiger partial charge is 0.393 e. The summed E-state index contributed by atoms with van der Waals surface area (Å²) in [5.74, 6) is -0.562. The van der Waals surface area contributed by atoms with Gasteiger partial charge in [0.15, 0.2) is 0 Å². The Morgan fingerprint density at radius 2 is 1.90 bits per heavy atom. The van der Waals surface area contributed by atoms with Crippen LogP contribution in [-0.4, -0.2) is 10.8 Å². The van der Waals surface area contributed by atoms with Gasteiger partial charge in [-0.1, -0.05) is 18.2 Å².